The zero-order valence-corrected chi connectivity index (χ0v) is 30.8. The molecule has 4 aliphatic rings. The van der Waals surface area contributed by atoms with Gasteiger partial charge in [-0.05, 0) is 69.3 Å². The molecular weight excluding hydrogens is 785 g/mol. The van der Waals surface area contributed by atoms with Gasteiger partial charge in [-0.3, -0.25) is 14.6 Å². The summed E-state index contributed by atoms with van der Waals surface area (Å²) in [5.74, 6) is 1.10. The van der Waals surface area contributed by atoms with Gasteiger partial charge in [-0.1, -0.05) is 36.4 Å². The van der Waals surface area contributed by atoms with Crippen LogP contribution in [0.25, 0.3) is 0 Å². The van der Waals surface area contributed by atoms with E-state index in [1.807, 2.05) is 58.2 Å². The largest absolute Gasteiger partial charge is 0.507 e. The Morgan fingerprint density at radius 2 is 1.76 bits per heavy atom. The van der Waals surface area contributed by atoms with Gasteiger partial charge in [0.2, 0.25) is 6.79 Å². The molecule has 0 aliphatic carbocycles. The molecule has 0 spiro atoms. The molecule has 2 bridgehead atoms. The van der Waals surface area contributed by atoms with Crippen LogP contribution < -0.4 is 9.47 Å². The fraction of sp³-hybridized carbons (Fsp3) is 0.429. The molecule has 0 amide bonds. The van der Waals surface area contributed by atoms with E-state index in [4.69, 9.17) is 14.2 Å². The van der Waals surface area contributed by atoms with E-state index in [2.05, 4.69) is 21.9 Å². The second kappa shape index (κ2) is 12.4. The number of esters is 1. The van der Waals surface area contributed by atoms with Gasteiger partial charge in [0.05, 0.1) is 18.2 Å². The first-order chi connectivity index (χ1) is 21.2. The maximum Gasteiger partial charge on any atom is 0.306 e. The predicted octanol–water partition coefficient (Wildman–Crippen LogP) is 4.70. The zero-order chi connectivity index (χ0) is 30.9. The van der Waals surface area contributed by atoms with Crippen molar-refractivity contribution in [3.05, 3.63) is 80.9 Å². The van der Waals surface area contributed by atoms with Crippen LogP contribution in [0.5, 0.6) is 23.0 Å². The van der Waals surface area contributed by atoms with Crippen molar-refractivity contribution in [2.24, 2.45) is 0 Å². The van der Waals surface area contributed by atoms with Crippen LogP contribution in [0.3, 0.4) is 0 Å². The first kappa shape index (κ1) is 32.1. The molecule has 1 fully saturated rings. The first-order valence-corrected chi connectivity index (χ1v) is 15.3. The van der Waals surface area contributed by atoms with Crippen LogP contribution in [0, 0.1) is 76.2 Å². The number of hydrogen-bond acceptors (Lipinski definition) is 9. The van der Waals surface area contributed by atoms with Crippen LogP contribution in [0.2, 0.25) is 0 Å². The van der Waals surface area contributed by atoms with Gasteiger partial charge in [0.15, 0.2) is 11.5 Å². The molecule has 0 saturated carbocycles. The summed E-state index contributed by atoms with van der Waals surface area (Å²) < 4.78 is 17.8. The van der Waals surface area contributed by atoms with Gasteiger partial charge in [0.1, 0.15) is 24.1 Å². The molecule has 10 heteroatoms. The number of benzene rings is 3. The van der Waals surface area contributed by atoms with Crippen molar-refractivity contribution >= 4 is 5.97 Å². The number of ether oxygens (including phenoxy) is 3. The van der Waals surface area contributed by atoms with Gasteiger partial charge >= 0.3 is 5.97 Å². The number of piperazine rings is 1. The van der Waals surface area contributed by atoms with E-state index in [0.717, 1.165) is 27.8 Å². The first-order valence-electron chi connectivity index (χ1n) is 15.3. The second-order valence-electron chi connectivity index (χ2n) is 12.5. The Hall–Kier alpha value is -2.82. The summed E-state index contributed by atoms with van der Waals surface area (Å²) in [6, 6.07) is 12.7. The third-order valence-electron chi connectivity index (χ3n) is 10.3. The van der Waals surface area contributed by atoms with Gasteiger partial charge in [-0.25, -0.2) is 0 Å². The average molecular weight is 823 g/mol. The molecule has 3 aromatic carbocycles. The SMILES string of the molecule is Cc1cc2c(c(O)c1C)[C@H]1C3Cc4c(O)c(C)c5c(c4[C@H](COC(=O)CCc4ccccc4)N3[C@@H](C#N)[C@H](C2)N1C)OCO5.[Ac]. The van der Waals surface area contributed by atoms with Crippen molar-refractivity contribution in [2.45, 2.75) is 76.7 Å². The Bertz CT molecular complexity index is 1710. The number of phenols is 2. The number of hydrogen-bond donors (Lipinski definition) is 2. The molecule has 231 valence electrons. The number of rotatable bonds is 5. The molecule has 2 N–H and O–H groups in total. The van der Waals surface area contributed by atoms with E-state index in [-0.39, 0.29) is 99.5 Å². The molecule has 4 aliphatic heterocycles. The van der Waals surface area contributed by atoms with E-state index in [1.165, 1.54) is 0 Å². The molecule has 45 heavy (non-hydrogen) atoms. The van der Waals surface area contributed by atoms with Gasteiger partial charge in [0.25, 0.3) is 0 Å². The number of aryl methyl sites for hydroxylation is 2. The van der Waals surface area contributed by atoms with Gasteiger partial charge in [-0.2, -0.15) is 5.26 Å². The number of phenolic OH excluding ortho intramolecular Hbond substituents is 2. The molecule has 1 unspecified atom stereocenters. The monoisotopic (exact) mass is 822 g/mol. The number of nitriles is 1. The molecule has 1 saturated heterocycles. The van der Waals surface area contributed by atoms with Gasteiger partial charge in [0, 0.05) is 84.8 Å². The number of nitrogens with zero attached hydrogens (tertiary/aromatic N) is 3. The summed E-state index contributed by atoms with van der Waals surface area (Å²) in [4.78, 5) is 17.5. The third-order valence-corrected chi connectivity index (χ3v) is 10.3. The van der Waals surface area contributed by atoms with Crippen LogP contribution in [-0.4, -0.2) is 64.6 Å². The van der Waals surface area contributed by atoms with Crippen molar-refractivity contribution < 1.29 is 73.3 Å². The predicted molar refractivity (Wildman–Crippen MR) is 162 cm³/mol. The topological polar surface area (TPSA) is 115 Å². The normalized spacial score (nSPS) is 24.5. The number of carbonyl (C=O) groups is 1. The Morgan fingerprint density at radius 1 is 1.02 bits per heavy atom. The van der Waals surface area contributed by atoms with Crippen LogP contribution in [0.4, 0.5) is 0 Å². The molecule has 1 radical (unpaired) electrons. The minimum absolute atomic E-state index is 0. The molecule has 0 aromatic heterocycles. The number of aromatic hydroxyl groups is 2. The summed E-state index contributed by atoms with van der Waals surface area (Å²) >= 11 is 0. The smallest absolute Gasteiger partial charge is 0.306 e. The minimum Gasteiger partial charge on any atom is -0.507 e. The standard InChI is InChI=1S/C35H37N3O6.Ac/c1-18-12-22-13-24-26(15-36)38-25(31(37(24)4)29(22)33(41)19(18)2)14-23-30(35-34(43-17-44-35)20(3)32(23)40)27(38)16-42-28(39)11-10-21-8-6-5-7-9-21;/h5-9,12,24-27,31,40-41H,10-11,13-14,16-17H2,1-4H3;/t24-,25?,26-,27-,31+;/m0./s1. The second-order valence-corrected chi connectivity index (χ2v) is 12.5. The van der Waals surface area contributed by atoms with E-state index in [9.17, 15) is 20.3 Å². The quantitative estimate of drug-likeness (QED) is 0.354. The van der Waals surface area contributed by atoms with Crippen molar-refractivity contribution in [1.82, 2.24) is 9.80 Å². The van der Waals surface area contributed by atoms with Gasteiger partial charge in [-0.15, -0.1) is 0 Å². The van der Waals surface area contributed by atoms with Crippen molar-refractivity contribution in [2.75, 3.05) is 20.4 Å². The molecule has 3 aromatic rings. The molecule has 7 rings (SSSR count). The van der Waals surface area contributed by atoms with Gasteiger partial charge < -0.3 is 24.4 Å². The summed E-state index contributed by atoms with van der Waals surface area (Å²) in [6.45, 7) is 5.75. The Labute approximate surface area is 299 Å². The van der Waals surface area contributed by atoms with Crippen LogP contribution in [-0.2, 0) is 28.8 Å². The van der Waals surface area contributed by atoms with Crippen LogP contribution in [0.1, 0.15) is 63.0 Å². The summed E-state index contributed by atoms with van der Waals surface area (Å²) in [7, 11) is 2.02. The Kier molecular flexibility index (Phi) is 8.87. The molecule has 5 atom stereocenters. The molecule has 9 nitrogen and oxygen atoms in total. The fourth-order valence-electron chi connectivity index (χ4n) is 8.00. The van der Waals surface area contributed by atoms with E-state index in [0.29, 0.717) is 47.5 Å². The summed E-state index contributed by atoms with van der Waals surface area (Å²) in [5.41, 5.74) is 6.85. The van der Waals surface area contributed by atoms with Crippen molar-refractivity contribution in [3.8, 4) is 29.1 Å². The average Bonchev–Trinajstić information content (AvgIpc) is 3.51. The van der Waals surface area contributed by atoms with E-state index in [1.54, 1.807) is 0 Å². The Morgan fingerprint density at radius 3 is 2.49 bits per heavy atom. The van der Waals surface area contributed by atoms with E-state index >= 15 is 0 Å². The van der Waals surface area contributed by atoms with Crippen LogP contribution in [0.15, 0.2) is 36.4 Å². The zero-order valence-electron chi connectivity index (χ0n) is 26.0. The van der Waals surface area contributed by atoms with Crippen LogP contribution >= 0.6 is 0 Å². The number of fused-ring (bicyclic) bond motifs is 9. The Balaban J connectivity index is 0.00000357. The summed E-state index contributed by atoms with van der Waals surface area (Å²) in [5, 5.41) is 33.8. The minimum atomic E-state index is -0.565. The fourth-order valence-corrected chi connectivity index (χ4v) is 8.00. The third kappa shape index (κ3) is 5.11. The van der Waals surface area contributed by atoms with Crippen molar-refractivity contribution in [1.29, 1.82) is 5.26 Å². The van der Waals surface area contributed by atoms with Crippen molar-refractivity contribution in [3.63, 3.8) is 0 Å². The maximum atomic E-state index is 13.1. The van der Waals surface area contributed by atoms with E-state index < -0.39 is 12.1 Å². The maximum absolute atomic E-state index is 13.1. The number of carbonyl (C=O) groups excluding carboxylic acids is 1. The molecular formula is C35H37AcN3O6. The number of likely N-dealkylation sites (N-methyl/N-ethyl adjacent to an activating group) is 1. The molecule has 4 heterocycles. The summed E-state index contributed by atoms with van der Waals surface area (Å²) in [6.07, 6.45) is 1.80.